The molecule has 0 fully saturated rings. The van der Waals surface area contributed by atoms with Gasteiger partial charge in [0.05, 0.1) is 13.7 Å². The van der Waals surface area contributed by atoms with Gasteiger partial charge in [0.2, 0.25) is 0 Å². The van der Waals surface area contributed by atoms with Crippen molar-refractivity contribution in [3.63, 3.8) is 0 Å². The second-order valence-corrected chi connectivity index (χ2v) is 4.99. The van der Waals surface area contributed by atoms with Crippen LogP contribution in [0.15, 0.2) is 23.2 Å². The third-order valence-electron chi connectivity index (χ3n) is 3.27. The Bertz CT molecular complexity index is 484. The van der Waals surface area contributed by atoms with Gasteiger partial charge in [0.15, 0.2) is 17.5 Å². The van der Waals surface area contributed by atoms with Gasteiger partial charge in [-0.25, -0.2) is 4.99 Å². The second kappa shape index (κ2) is 14.2. The van der Waals surface area contributed by atoms with Crippen molar-refractivity contribution in [3.05, 3.63) is 23.8 Å². The van der Waals surface area contributed by atoms with Gasteiger partial charge in [0.25, 0.3) is 0 Å². The molecule has 0 saturated heterocycles. The minimum Gasteiger partial charge on any atom is -0.504 e. The summed E-state index contributed by atoms with van der Waals surface area (Å²) in [7, 11) is 1.54. The number of phenolic OH excluding ortho intramolecular Hbond substituents is 1. The zero-order chi connectivity index (χ0) is 16.9. The van der Waals surface area contributed by atoms with Crippen LogP contribution in [0.4, 0.5) is 0 Å². The Labute approximate surface area is 162 Å². The average molecular weight is 451 g/mol. The molecule has 1 aromatic carbocycles. The summed E-state index contributed by atoms with van der Waals surface area (Å²) < 4.78 is 10.4. The van der Waals surface area contributed by atoms with Gasteiger partial charge in [-0.15, -0.1) is 24.0 Å². The number of nitrogens with zero attached hydrogens (tertiary/aromatic N) is 1. The number of hydrogen-bond donors (Lipinski definition) is 3. The summed E-state index contributed by atoms with van der Waals surface area (Å²) in [5.41, 5.74) is 0.734. The molecular weight excluding hydrogens is 421 g/mol. The summed E-state index contributed by atoms with van der Waals surface area (Å²) in [5, 5.41) is 16.6. The van der Waals surface area contributed by atoms with Crippen molar-refractivity contribution in [2.45, 2.75) is 33.2 Å². The van der Waals surface area contributed by atoms with E-state index in [1.54, 1.807) is 6.07 Å². The number of methoxy groups -OCH3 is 1. The van der Waals surface area contributed by atoms with Gasteiger partial charge in [-0.2, -0.15) is 0 Å². The number of hydrogen-bond acceptors (Lipinski definition) is 4. The molecule has 1 aromatic rings. The number of guanidine groups is 1. The van der Waals surface area contributed by atoms with Crippen molar-refractivity contribution in [1.82, 2.24) is 10.6 Å². The van der Waals surface area contributed by atoms with Gasteiger partial charge in [0, 0.05) is 31.9 Å². The van der Waals surface area contributed by atoms with Gasteiger partial charge >= 0.3 is 0 Å². The molecule has 24 heavy (non-hydrogen) atoms. The summed E-state index contributed by atoms with van der Waals surface area (Å²) >= 11 is 0. The van der Waals surface area contributed by atoms with Crippen LogP contribution >= 0.6 is 24.0 Å². The SMILES string of the molecule is CCNC(=NCc1cccc(OC)c1O)NCCCCOCC.I. The highest BCUT2D eigenvalue weighted by Crippen LogP contribution is 2.29. The minimum atomic E-state index is 0. The molecule has 0 radical (unpaired) electrons. The zero-order valence-electron chi connectivity index (χ0n) is 14.8. The van der Waals surface area contributed by atoms with Crippen LogP contribution in [0.1, 0.15) is 32.3 Å². The maximum Gasteiger partial charge on any atom is 0.191 e. The third-order valence-corrected chi connectivity index (χ3v) is 3.27. The lowest BCUT2D eigenvalue weighted by molar-refractivity contribution is 0.143. The maximum absolute atomic E-state index is 10.1. The van der Waals surface area contributed by atoms with Crippen LogP contribution in [-0.4, -0.2) is 44.5 Å². The smallest absolute Gasteiger partial charge is 0.191 e. The lowest BCUT2D eigenvalue weighted by Gasteiger charge is -2.12. The number of aliphatic imine (C=N–C) groups is 1. The maximum atomic E-state index is 10.1. The monoisotopic (exact) mass is 451 g/mol. The molecule has 0 atom stereocenters. The fourth-order valence-electron chi connectivity index (χ4n) is 2.05. The molecule has 0 unspecified atom stereocenters. The standard InChI is InChI=1S/C17H29N3O3.HI/c1-4-18-17(19-11-6-7-12-23-5-2)20-13-14-9-8-10-15(22-3)16(14)21;/h8-10,21H,4-7,11-13H2,1-3H3,(H2,18,19,20);1H. The topological polar surface area (TPSA) is 75.1 Å². The van der Waals surface area contributed by atoms with Gasteiger partial charge in [-0.05, 0) is 32.8 Å². The predicted molar refractivity (Wildman–Crippen MR) is 109 cm³/mol. The van der Waals surface area contributed by atoms with Crippen LogP contribution in [0.3, 0.4) is 0 Å². The Morgan fingerprint density at radius 2 is 2.00 bits per heavy atom. The Hall–Kier alpha value is -1.22. The summed E-state index contributed by atoms with van der Waals surface area (Å²) in [6.45, 7) is 7.60. The normalized spacial score (nSPS) is 10.9. The molecular formula is C17H30IN3O3. The van der Waals surface area contributed by atoms with E-state index >= 15 is 0 Å². The largest absolute Gasteiger partial charge is 0.504 e. The average Bonchev–Trinajstić information content (AvgIpc) is 2.56. The fraction of sp³-hybridized carbons (Fsp3) is 0.588. The molecule has 6 nitrogen and oxygen atoms in total. The number of ether oxygens (including phenoxy) is 2. The molecule has 0 aliphatic heterocycles. The lowest BCUT2D eigenvalue weighted by atomic mass is 10.2. The molecule has 0 saturated carbocycles. The quantitative estimate of drug-likeness (QED) is 0.221. The molecule has 0 bridgehead atoms. The van der Waals surface area contributed by atoms with Crippen LogP contribution in [0.25, 0.3) is 0 Å². The number of para-hydroxylation sites is 1. The van der Waals surface area contributed by atoms with Crippen molar-refractivity contribution in [3.8, 4) is 11.5 Å². The first-order valence-corrected chi connectivity index (χ1v) is 8.17. The van der Waals surface area contributed by atoms with E-state index in [0.29, 0.717) is 12.3 Å². The molecule has 0 amide bonds. The Morgan fingerprint density at radius 3 is 2.67 bits per heavy atom. The van der Waals surface area contributed by atoms with E-state index in [-0.39, 0.29) is 29.7 Å². The van der Waals surface area contributed by atoms with E-state index in [4.69, 9.17) is 9.47 Å². The van der Waals surface area contributed by atoms with Crippen molar-refractivity contribution in [2.75, 3.05) is 33.4 Å². The minimum absolute atomic E-state index is 0. The number of benzene rings is 1. The van der Waals surface area contributed by atoms with Gasteiger partial charge in [-0.1, -0.05) is 12.1 Å². The molecule has 0 aliphatic rings. The molecule has 0 aliphatic carbocycles. The molecule has 3 N–H and O–H groups in total. The highest BCUT2D eigenvalue weighted by molar-refractivity contribution is 14.0. The van der Waals surface area contributed by atoms with Crippen molar-refractivity contribution >= 4 is 29.9 Å². The number of unbranched alkanes of at least 4 members (excludes halogenated alkanes) is 1. The predicted octanol–water partition coefficient (Wildman–Crippen LogP) is 2.89. The van der Waals surface area contributed by atoms with E-state index in [2.05, 4.69) is 15.6 Å². The highest BCUT2D eigenvalue weighted by Gasteiger charge is 2.07. The number of aromatic hydroxyl groups is 1. The zero-order valence-corrected chi connectivity index (χ0v) is 17.1. The number of rotatable bonds is 10. The summed E-state index contributed by atoms with van der Waals surface area (Å²) in [4.78, 5) is 4.50. The number of phenols is 1. The van der Waals surface area contributed by atoms with Gasteiger partial charge in [-0.3, -0.25) is 0 Å². The van der Waals surface area contributed by atoms with E-state index < -0.39 is 0 Å². The second-order valence-electron chi connectivity index (χ2n) is 4.99. The summed E-state index contributed by atoms with van der Waals surface area (Å²) in [6.07, 6.45) is 2.05. The van der Waals surface area contributed by atoms with Gasteiger partial charge in [0.1, 0.15) is 0 Å². The lowest BCUT2D eigenvalue weighted by Crippen LogP contribution is -2.37. The Balaban J connectivity index is 0.00000529. The third kappa shape index (κ3) is 8.58. The highest BCUT2D eigenvalue weighted by atomic mass is 127. The van der Waals surface area contributed by atoms with E-state index in [0.717, 1.165) is 50.7 Å². The van der Waals surface area contributed by atoms with Crippen molar-refractivity contribution < 1.29 is 14.6 Å². The van der Waals surface area contributed by atoms with Crippen LogP contribution in [0.2, 0.25) is 0 Å². The Morgan fingerprint density at radius 1 is 1.21 bits per heavy atom. The van der Waals surface area contributed by atoms with Crippen LogP contribution < -0.4 is 15.4 Å². The first-order chi connectivity index (χ1) is 11.2. The fourth-order valence-corrected chi connectivity index (χ4v) is 2.05. The Kier molecular flexibility index (Phi) is 13.4. The first kappa shape index (κ1) is 22.8. The molecule has 138 valence electrons. The van der Waals surface area contributed by atoms with E-state index in [1.807, 2.05) is 26.0 Å². The summed E-state index contributed by atoms with van der Waals surface area (Å²) in [6, 6.07) is 5.41. The van der Waals surface area contributed by atoms with Gasteiger partial charge < -0.3 is 25.2 Å². The molecule has 7 heteroatoms. The molecule has 0 spiro atoms. The van der Waals surface area contributed by atoms with Crippen LogP contribution in [0, 0.1) is 0 Å². The van der Waals surface area contributed by atoms with Crippen LogP contribution in [-0.2, 0) is 11.3 Å². The summed E-state index contributed by atoms with van der Waals surface area (Å²) in [5.74, 6) is 1.35. The van der Waals surface area contributed by atoms with Crippen LogP contribution in [0.5, 0.6) is 11.5 Å². The molecule has 0 heterocycles. The molecule has 0 aromatic heterocycles. The van der Waals surface area contributed by atoms with Crippen molar-refractivity contribution in [2.24, 2.45) is 4.99 Å². The molecule has 1 rings (SSSR count). The van der Waals surface area contributed by atoms with E-state index in [1.165, 1.54) is 7.11 Å². The number of halogens is 1. The number of nitrogens with one attached hydrogen (secondary N) is 2. The van der Waals surface area contributed by atoms with Crippen molar-refractivity contribution in [1.29, 1.82) is 0 Å². The first-order valence-electron chi connectivity index (χ1n) is 8.17. The van der Waals surface area contributed by atoms with E-state index in [9.17, 15) is 5.11 Å².